The Kier molecular flexibility index (Phi) is 4.48. The Labute approximate surface area is 84.2 Å². The molecule has 0 N–H and O–H groups in total. The van der Waals surface area contributed by atoms with Crippen LogP contribution in [0.4, 0.5) is 0 Å². The summed E-state index contributed by atoms with van der Waals surface area (Å²) < 4.78 is 5.07. The minimum absolute atomic E-state index is 0.221. The second-order valence-electron chi connectivity index (χ2n) is 2.87. The smallest absolute Gasteiger partial charge is 0.315 e. The monoisotopic (exact) mass is 190 g/mol. The van der Waals surface area contributed by atoms with E-state index in [1.54, 1.807) is 12.1 Å². The first-order valence-corrected chi connectivity index (χ1v) is 4.73. The van der Waals surface area contributed by atoms with E-state index >= 15 is 0 Å². The van der Waals surface area contributed by atoms with Crippen LogP contribution >= 0.6 is 0 Å². The van der Waals surface area contributed by atoms with Gasteiger partial charge in [-0.3, -0.25) is 4.79 Å². The largest absolute Gasteiger partial charge is 0.426 e. The molecule has 2 heteroatoms. The van der Waals surface area contributed by atoms with Crippen molar-refractivity contribution in [3.8, 4) is 5.75 Å². The number of hydrogen-bond acceptors (Lipinski definition) is 2. The van der Waals surface area contributed by atoms with E-state index in [-0.39, 0.29) is 5.97 Å². The molecule has 1 aromatic rings. The number of carbonyl (C=O) groups is 1. The van der Waals surface area contributed by atoms with Gasteiger partial charge in [-0.05, 0) is 18.6 Å². The van der Waals surface area contributed by atoms with Gasteiger partial charge in [-0.15, -0.1) is 0 Å². The molecule has 0 fully saturated rings. The molecular formula is C12H14O2. The molecule has 14 heavy (non-hydrogen) atoms. The molecule has 0 bridgehead atoms. The molecule has 0 atom stereocenters. The van der Waals surface area contributed by atoms with Gasteiger partial charge in [-0.2, -0.15) is 0 Å². The molecule has 0 aromatic heterocycles. The molecule has 0 aliphatic carbocycles. The van der Waals surface area contributed by atoms with E-state index in [1.807, 2.05) is 37.3 Å². The zero-order valence-corrected chi connectivity index (χ0v) is 8.27. The van der Waals surface area contributed by atoms with Crippen LogP contribution in [0.25, 0.3) is 0 Å². The third kappa shape index (κ3) is 3.90. The van der Waals surface area contributed by atoms with Crippen molar-refractivity contribution < 1.29 is 9.53 Å². The summed E-state index contributed by atoms with van der Waals surface area (Å²) in [6, 6.07) is 9.09. The Morgan fingerprint density at radius 3 is 2.64 bits per heavy atom. The molecule has 74 valence electrons. The molecule has 0 saturated carbocycles. The van der Waals surface area contributed by atoms with E-state index in [0.717, 1.165) is 6.42 Å². The molecule has 0 amide bonds. The lowest BCUT2D eigenvalue weighted by molar-refractivity contribution is -0.133. The average Bonchev–Trinajstić information content (AvgIpc) is 2.20. The fourth-order valence-corrected chi connectivity index (χ4v) is 1.01. The van der Waals surface area contributed by atoms with Gasteiger partial charge in [0.15, 0.2) is 0 Å². The second-order valence-corrected chi connectivity index (χ2v) is 2.87. The number of rotatable bonds is 4. The van der Waals surface area contributed by atoms with Gasteiger partial charge < -0.3 is 4.74 Å². The van der Waals surface area contributed by atoms with Gasteiger partial charge in [0.2, 0.25) is 0 Å². The number of benzene rings is 1. The molecule has 0 aliphatic heterocycles. The maximum atomic E-state index is 11.2. The van der Waals surface area contributed by atoms with E-state index in [1.165, 1.54) is 0 Å². The Hall–Kier alpha value is -1.57. The highest BCUT2D eigenvalue weighted by atomic mass is 16.5. The van der Waals surface area contributed by atoms with Crippen LogP contribution in [0.1, 0.15) is 19.8 Å². The molecule has 0 spiro atoms. The van der Waals surface area contributed by atoms with E-state index in [2.05, 4.69) is 0 Å². The summed E-state index contributed by atoms with van der Waals surface area (Å²) in [6.07, 6.45) is 5.05. The van der Waals surface area contributed by atoms with Crippen LogP contribution in [0.2, 0.25) is 0 Å². The highest BCUT2D eigenvalue weighted by Crippen LogP contribution is 2.09. The van der Waals surface area contributed by atoms with E-state index in [0.29, 0.717) is 12.2 Å². The van der Waals surface area contributed by atoms with Crippen LogP contribution < -0.4 is 4.74 Å². The van der Waals surface area contributed by atoms with Crippen LogP contribution in [-0.2, 0) is 4.79 Å². The van der Waals surface area contributed by atoms with E-state index in [9.17, 15) is 4.79 Å². The van der Waals surface area contributed by atoms with Crippen molar-refractivity contribution in [3.05, 3.63) is 42.5 Å². The summed E-state index contributed by atoms with van der Waals surface area (Å²) >= 11 is 0. The predicted octanol–water partition coefficient (Wildman–Crippen LogP) is 2.95. The zero-order valence-electron chi connectivity index (χ0n) is 8.27. The van der Waals surface area contributed by atoms with Crippen molar-refractivity contribution in [3.63, 3.8) is 0 Å². The van der Waals surface area contributed by atoms with E-state index in [4.69, 9.17) is 4.74 Å². The first kappa shape index (κ1) is 10.5. The molecule has 2 nitrogen and oxygen atoms in total. The second kappa shape index (κ2) is 5.97. The lowest BCUT2D eigenvalue weighted by Crippen LogP contribution is -2.05. The quantitative estimate of drug-likeness (QED) is 0.414. The van der Waals surface area contributed by atoms with Crippen molar-refractivity contribution in [1.82, 2.24) is 0 Å². The standard InChI is InChI=1S/C12H14O2/c1-2-3-5-10-12(13)14-11-8-6-4-7-9-11/h3-9H,2,10H2,1H3. The van der Waals surface area contributed by atoms with Gasteiger partial charge in [-0.1, -0.05) is 37.3 Å². The molecule has 0 aliphatic rings. The minimum atomic E-state index is -0.221. The van der Waals surface area contributed by atoms with Gasteiger partial charge in [0.05, 0.1) is 6.42 Å². The zero-order chi connectivity index (χ0) is 10.2. The van der Waals surface area contributed by atoms with Gasteiger partial charge in [-0.25, -0.2) is 0 Å². The topological polar surface area (TPSA) is 26.3 Å². The molecular weight excluding hydrogens is 176 g/mol. The maximum absolute atomic E-state index is 11.2. The lowest BCUT2D eigenvalue weighted by Gasteiger charge is -2.00. The summed E-state index contributed by atoms with van der Waals surface area (Å²) in [7, 11) is 0. The highest BCUT2D eigenvalue weighted by Gasteiger charge is 2.00. The molecule has 1 aromatic carbocycles. The molecule has 0 saturated heterocycles. The molecule has 1 rings (SSSR count). The minimum Gasteiger partial charge on any atom is -0.426 e. The van der Waals surface area contributed by atoms with Gasteiger partial charge >= 0.3 is 5.97 Å². The Bertz CT molecular complexity index is 301. The predicted molar refractivity (Wildman–Crippen MR) is 56.1 cm³/mol. The fraction of sp³-hybridized carbons (Fsp3) is 0.250. The first-order valence-electron chi connectivity index (χ1n) is 4.73. The van der Waals surface area contributed by atoms with Gasteiger partial charge in [0, 0.05) is 0 Å². The van der Waals surface area contributed by atoms with Crippen LogP contribution in [0.3, 0.4) is 0 Å². The Morgan fingerprint density at radius 1 is 1.29 bits per heavy atom. The lowest BCUT2D eigenvalue weighted by atomic mass is 10.3. The van der Waals surface area contributed by atoms with Crippen molar-refractivity contribution >= 4 is 5.97 Å². The maximum Gasteiger partial charge on any atom is 0.315 e. The Morgan fingerprint density at radius 2 is 2.00 bits per heavy atom. The van der Waals surface area contributed by atoms with Crippen LogP contribution in [0.5, 0.6) is 5.75 Å². The van der Waals surface area contributed by atoms with Crippen LogP contribution in [-0.4, -0.2) is 5.97 Å². The fourth-order valence-electron chi connectivity index (χ4n) is 1.01. The number of ether oxygens (including phenoxy) is 1. The van der Waals surface area contributed by atoms with Crippen molar-refractivity contribution in [1.29, 1.82) is 0 Å². The summed E-state index contributed by atoms with van der Waals surface area (Å²) in [6.45, 7) is 2.03. The van der Waals surface area contributed by atoms with E-state index < -0.39 is 0 Å². The normalized spacial score (nSPS) is 10.4. The van der Waals surface area contributed by atoms with Gasteiger partial charge in [0.25, 0.3) is 0 Å². The molecule has 0 heterocycles. The van der Waals surface area contributed by atoms with Crippen LogP contribution in [0, 0.1) is 0 Å². The first-order chi connectivity index (χ1) is 6.83. The number of esters is 1. The Balaban J connectivity index is 2.38. The number of hydrogen-bond donors (Lipinski definition) is 0. The van der Waals surface area contributed by atoms with Gasteiger partial charge in [0.1, 0.15) is 5.75 Å². The van der Waals surface area contributed by atoms with Crippen molar-refractivity contribution in [2.24, 2.45) is 0 Å². The third-order valence-electron chi connectivity index (χ3n) is 1.66. The number of carbonyl (C=O) groups excluding carboxylic acids is 1. The summed E-state index contributed by atoms with van der Waals surface area (Å²) in [4.78, 5) is 11.2. The van der Waals surface area contributed by atoms with Crippen molar-refractivity contribution in [2.75, 3.05) is 0 Å². The summed E-state index contributed by atoms with van der Waals surface area (Å²) in [5, 5.41) is 0. The average molecular weight is 190 g/mol. The summed E-state index contributed by atoms with van der Waals surface area (Å²) in [5.74, 6) is 0.378. The summed E-state index contributed by atoms with van der Waals surface area (Å²) in [5.41, 5.74) is 0. The molecule has 0 radical (unpaired) electrons. The molecule has 0 unspecified atom stereocenters. The number of para-hydroxylation sites is 1. The SMILES string of the molecule is CCC=CCC(=O)Oc1ccccc1. The highest BCUT2D eigenvalue weighted by molar-refractivity contribution is 5.73. The van der Waals surface area contributed by atoms with Crippen LogP contribution in [0.15, 0.2) is 42.5 Å². The third-order valence-corrected chi connectivity index (χ3v) is 1.66. The van der Waals surface area contributed by atoms with Crippen molar-refractivity contribution in [2.45, 2.75) is 19.8 Å². The number of allylic oxidation sites excluding steroid dienone is 1.